The molecule has 12 nitrogen and oxygen atoms in total. The van der Waals surface area contributed by atoms with E-state index in [-0.39, 0.29) is 61.9 Å². The molecule has 4 fully saturated rings. The van der Waals surface area contributed by atoms with Gasteiger partial charge in [-0.05, 0) is 95.4 Å². The van der Waals surface area contributed by atoms with E-state index in [9.17, 15) is 24.3 Å². The lowest BCUT2D eigenvalue weighted by Gasteiger charge is -2.42. The summed E-state index contributed by atoms with van der Waals surface area (Å²) in [6, 6.07) is 17.0. The number of aromatic nitrogens is 4. The highest BCUT2D eigenvalue weighted by Gasteiger charge is 2.46. The van der Waals surface area contributed by atoms with Gasteiger partial charge in [0.2, 0.25) is 11.4 Å². The fourth-order valence-corrected chi connectivity index (χ4v) is 10.6. The number of hydrogen-bond donors (Lipinski definition) is 1. The summed E-state index contributed by atoms with van der Waals surface area (Å²) in [6.45, 7) is 14.8. The molecule has 8 atom stereocenters. The van der Waals surface area contributed by atoms with Crippen LogP contribution in [-0.4, -0.2) is 88.8 Å². The molecule has 1 N–H and O–H groups in total. The van der Waals surface area contributed by atoms with Crippen molar-refractivity contribution >= 4 is 46.4 Å². The Bertz CT molecular complexity index is 2520. The topological polar surface area (TPSA) is 140 Å². The van der Waals surface area contributed by atoms with Gasteiger partial charge in [-0.15, -0.1) is 12.4 Å². The zero-order valence-corrected chi connectivity index (χ0v) is 38.6. The Morgan fingerprint density at radius 1 is 0.641 bits per heavy atom. The van der Waals surface area contributed by atoms with Crippen LogP contribution in [0.4, 0.5) is 0 Å². The van der Waals surface area contributed by atoms with Gasteiger partial charge in [0.05, 0.1) is 40.8 Å². The second kappa shape index (κ2) is 21.8. The maximum atomic E-state index is 13.4. The second-order valence-electron chi connectivity index (χ2n) is 17.9. The van der Waals surface area contributed by atoms with E-state index in [1.54, 1.807) is 17.6 Å². The van der Waals surface area contributed by atoms with Gasteiger partial charge in [-0.3, -0.25) is 19.4 Å². The number of rotatable bonds is 9. The average molecular weight is 896 g/mol. The lowest BCUT2D eigenvalue weighted by molar-refractivity contribution is 0.0514. The first-order chi connectivity index (χ1) is 29.8. The van der Waals surface area contributed by atoms with Gasteiger partial charge in [0.25, 0.3) is 11.1 Å². The summed E-state index contributed by atoms with van der Waals surface area (Å²) in [7, 11) is 0. The molecule has 64 heavy (non-hydrogen) atoms. The van der Waals surface area contributed by atoms with Gasteiger partial charge in [-0.1, -0.05) is 96.9 Å². The molecule has 0 aliphatic carbocycles. The number of carboxylic acids is 1. The Morgan fingerprint density at radius 3 is 1.38 bits per heavy atom. The SMILES string of the molecule is C.CCC(C#CC(C)C)N1[C@@H]2CC[C@H]1CC(n1c(=O)c(C(=O)O)nc3ccccc31)C2.CCOC(=O)c1nc2ccccc2n(C2C[C@H]3CC[C@@H](C2)N3C(C#CC(C)C)CC)c1=O.Cl. The number of carbonyl (C=O) groups is 2. The number of halogens is 1. The number of carboxylic acid groups (broad SMARTS) is 1. The summed E-state index contributed by atoms with van der Waals surface area (Å²) in [4.78, 5) is 64.3. The Labute approximate surface area is 384 Å². The number of benzene rings is 2. The number of esters is 1. The zero-order valence-electron chi connectivity index (χ0n) is 37.8. The average Bonchev–Trinajstić information content (AvgIpc) is 3.65. The van der Waals surface area contributed by atoms with Crippen molar-refractivity contribution in [1.82, 2.24) is 28.9 Å². The Balaban J connectivity index is 0.000000234. The summed E-state index contributed by atoms with van der Waals surface area (Å²) in [5.41, 5.74) is 1.37. The van der Waals surface area contributed by atoms with Crippen LogP contribution in [0, 0.1) is 35.5 Å². The van der Waals surface area contributed by atoms with E-state index < -0.39 is 23.2 Å². The largest absolute Gasteiger partial charge is 0.476 e. The van der Waals surface area contributed by atoms with Gasteiger partial charge in [0.15, 0.2) is 0 Å². The van der Waals surface area contributed by atoms with Crippen LogP contribution in [0.1, 0.15) is 153 Å². The number of nitrogens with zero attached hydrogens (tertiary/aromatic N) is 6. The highest BCUT2D eigenvalue weighted by Crippen LogP contribution is 2.44. The number of ether oxygens (including phenoxy) is 1. The Hall–Kier alpha value is -5.01. The molecular weight excluding hydrogens is 828 g/mol. The van der Waals surface area contributed by atoms with Crippen molar-refractivity contribution in [2.24, 2.45) is 11.8 Å². The molecular formula is C51H67ClN6O6. The van der Waals surface area contributed by atoms with Crippen molar-refractivity contribution in [3.05, 3.63) is 80.6 Å². The molecule has 4 aromatic rings. The summed E-state index contributed by atoms with van der Waals surface area (Å²) >= 11 is 0. The van der Waals surface area contributed by atoms with Gasteiger partial charge in [-0.25, -0.2) is 19.6 Å². The minimum Gasteiger partial charge on any atom is -0.476 e. The van der Waals surface area contributed by atoms with Crippen molar-refractivity contribution in [1.29, 1.82) is 0 Å². The maximum absolute atomic E-state index is 13.4. The molecule has 344 valence electrons. The molecule has 2 aromatic carbocycles. The van der Waals surface area contributed by atoms with Crippen molar-refractivity contribution in [2.45, 2.75) is 168 Å². The predicted octanol–water partition coefficient (Wildman–Crippen LogP) is 8.94. The fraction of sp³-hybridized carbons (Fsp3) is 0.569. The number of hydrogen-bond acceptors (Lipinski definition) is 9. The monoisotopic (exact) mass is 894 g/mol. The predicted molar refractivity (Wildman–Crippen MR) is 256 cm³/mol. The van der Waals surface area contributed by atoms with Crippen LogP contribution in [0.5, 0.6) is 0 Å². The van der Waals surface area contributed by atoms with Crippen LogP contribution in [-0.2, 0) is 4.74 Å². The maximum Gasteiger partial charge on any atom is 0.362 e. The van der Waals surface area contributed by atoms with Crippen LogP contribution >= 0.6 is 12.4 Å². The molecule has 4 saturated heterocycles. The highest BCUT2D eigenvalue weighted by atomic mass is 35.5. The zero-order chi connectivity index (χ0) is 44.2. The first-order valence-electron chi connectivity index (χ1n) is 22.8. The van der Waals surface area contributed by atoms with E-state index in [1.165, 1.54) is 0 Å². The van der Waals surface area contributed by atoms with Crippen LogP contribution in [0.2, 0.25) is 0 Å². The standard InChI is InChI=1S/C26H33N3O3.C24H29N3O3.CH4.ClH/c1-5-18(12-11-17(3)4)28-19-13-14-20(28)16-21(15-19)29-23-10-8-7-9-22(23)27-24(25(29)30)26(31)32-6-2;1-4-16(10-9-15(2)3)26-17-11-12-18(26)14-19(13-17)27-21-8-6-5-7-20(21)25-22(23(27)28)24(29)30;;/h7-10,17-21H,5-6,13-16H2,1-4H3;5-8,15-19H,4,11-14H2,1-3H3,(H,29,30);1H4;1H/t18?,19-,20+,21?;16?,17-,18+,19?;;. The van der Waals surface area contributed by atoms with Crippen molar-refractivity contribution in [3.63, 3.8) is 0 Å². The lowest BCUT2D eigenvalue weighted by Crippen LogP contribution is -2.49. The molecule has 4 aliphatic rings. The molecule has 2 aromatic heterocycles. The molecule has 0 spiro atoms. The van der Waals surface area contributed by atoms with Crippen LogP contribution < -0.4 is 11.1 Å². The van der Waals surface area contributed by atoms with Crippen LogP contribution in [0.3, 0.4) is 0 Å². The van der Waals surface area contributed by atoms with E-state index in [2.05, 4.69) is 85.0 Å². The number of fused-ring (bicyclic) bond motifs is 6. The van der Waals surface area contributed by atoms with Crippen LogP contribution in [0.25, 0.3) is 22.1 Å². The third-order valence-electron chi connectivity index (χ3n) is 13.1. The molecule has 4 aliphatic heterocycles. The number of piperidine rings is 2. The Morgan fingerprint density at radius 2 is 1.02 bits per heavy atom. The van der Waals surface area contributed by atoms with E-state index in [0.717, 1.165) is 75.2 Å². The van der Waals surface area contributed by atoms with Gasteiger partial charge >= 0.3 is 11.9 Å². The van der Waals surface area contributed by atoms with Gasteiger partial charge in [-0.2, -0.15) is 0 Å². The molecule has 0 radical (unpaired) electrons. The Kier molecular flexibility index (Phi) is 17.0. The third kappa shape index (κ3) is 10.3. The number of para-hydroxylation sites is 4. The normalized spacial score (nSPS) is 23.4. The molecule has 4 bridgehead atoms. The van der Waals surface area contributed by atoms with Crippen molar-refractivity contribution < 1.29 is 19.4 Å². The van der Waals surface area contributed by atoms with Crippen molar-refractivity contribution in [3.8, 4) is 23.7 Å². The second-order valence-corrected chi connectivity index (χ2v) is 17.9. The summed E-state index contributed by atoms with van der Waals surface area (Å²) < 4.78 is 8.65. The molecule has 6 heterocycles. The van der Waals surface area contributed by atoms with Crippen molar-refractivity contribution in [2.75, 3.05) is 6.61 Å². The molecule has 4 unspecified atom stereocenters. The van der Waals surface area contributed by atoms with Gasteiger partial charge < -0.3 is 19.0 Å². The lowest BCUT2D eigenvalue weighted by atomic mass is 9.94. The molecule has 0 amide bonds. The quantitative estimate of drug-likeness (QED) is 0.128. The molecule has 0 saturated carbocycles. The summed E-state index contributed by atoms with van der Waals surface area (Å²) in [5, 5.41) is 9.52. The smallest absolute Gasteiger partial charge is 0.362 e. The van der Waals surface area contributed by atoms with E-state index >= 15 is 0 Å². The molecule has 13 heteroatoms. The first-order valence-corrected chi connectivity index (χ1v) is 22.8. The fourth-order valence-electron chi connectivity index (χ4n) is 10.6. The van der Waals surface area contributed by atoms with E-state index in [1.807, 2.05) is 47.0 Å². The van der Waals surface area contributed by atoms with Crippen LogP contribution in [0.15, 0.2) is 58.1 Å². The number of carbonyl (C=O) groups excluding carboxylic acids is 1. The summed E-state index contributed by atoms with van der Waals surface area (Å²) in [6.07, 6.45) is 9.88. The number of aromatic carboxylic acids is 1. The minimum atomic E-state index is -1.27. The molecule has 8 rings (SSSR count). The van der Waals surface area contributed by atoms with Gasteiger partial charge in [0, 0.05) is 48.1 Å². The highest BCUT2D eigenvalue weighted by molar-refractivity contribution is 5.90. The summed E-state index contributed by atoms with van der Waals surface area (Å²) in [5.74, 6) is 12.5. The van der Waals surface area contributed by atoms with E-state index in [4.69, 9.17) is 4.74 Å². The van der Waals surface area contributed by atoms with E-state index in [0.29, 0.717) is 47.0 Å². The third-order valence-corrected chi connectivity index (χ3v) is 13.1. The van der Waals surface area contributed by atoms with Gasteiger partial charge in [0.1, 0.15) is 0 Å². The minimum absolute atomic E-state index is 0. The first kappa shape index (κ1) is 50.0.